The van der Waals surface area contributed by atoms with Crippen LogP contribution in [0.1, 0.15) is 69.9 Å². The molecule has 1 N–H and O–H groups in total. The van der Waals surface area contributed by atoms with Gasteiger partial charge in [-0.05, 0) is 75.3 Å². The van der Waals surface area contributed by atoms with Crippen LogP contribution in [0, 0.1) is 13.8 Å². The van der Waals surface area contributed by atoms with Crippen LogP contribution in [0.4, 0.5) is 0 Å². The van der Waals surface area contributed by atoms with Gasteiger partial charge in [0.15, 0.2) is 0 Å². The van der Waals surface area contributed by atoms with Crippen molar-refractivity contribution in [2.24, 2.45) is 0 Å². The molecule has 0 saturated carbocycles. The number of hydrogen-bond acceptors (Lipinski definition) is 5. The Labute approximate surface area is 181 Å². The minimum atomic E-state index is -0.102. The minimum absolute atomic E-state index is 0.0645. The van der Waals surface area contributed by atoms with Crippen LogP contribution in [-0.4, -0.2) is 16.0 Å². The molecule has 0 spiro atoms. The second kappa shape index (κ2) is 9.04. The lowest BCUT2D eigenvalue weighted by molar-refractivity contribution is 0.0936. The second-order valence-corrected chi connectivity index (χ2v) is 8.84. The van der Waals surface area contributed by atoms with Crippen molar-refractivity contribution in [3.8, 4) is 0 Å². The summed E-state index contributed by atoms with van der Waals surface area (Å²) in [5.74, 6) is 1.37. The zero-order chi connectivity index (χ0) is 21.1. The van der Waals surface area contributed by atoms with Gasteiger partial charge < -0.3 is 9.84 Å². The first kappa shape index (κ1) is 20.7. The van der Waals surface area contributed by atoms with Gasteiger partial charge in [0.05, 0.1) is 17.3 Å². The third-order valence-corrected chi connectivity index (χ3v) is 6.80. The lowest BCUT2D eigenvalue weighted by Gasteiger charge is -2.20. The summed E-state index contributed by atoms with van der Waals surface area (Å²) in [5, 5.41) is 7.87. The van der Waals surface area contributed by atoms with Crippen molar-refractivity contribution in [2.45, 2.75) is 63.3 Å². The number of nitrogens with zero attached hydrogens (tertiary/aromatic N) is 2. The first-order chi connectivity index (χ1) is 14.5. The van der Waals surface area contributed by atoms with Crippen LogP contribution in [0.15, 0.2) is 46.1 Å². The normalized spacial score (nSPS) is 14.2. The van der Waals surface area contributed by atoms with E-state index in [2.05, 4.69) is 33.7 Å². The molecule has 2 aromatic heterocycles. The molecule has 1 atom stereocenters. The van der Waals surface area contributed by atoms with Gasteiger partial charge in [0, 0.05) is 17.5 Å². The van der Waals surface area contributed by atoms with Gasteiger partial charge in [0.25, 0.3) is 5.91 Å². The van der Waals surface area contributed by atoms with Gasteiger partial charge in [-0.2, -0.15) is 0 Å². The third kappa shape index (κ3) is 4.43. The lowest BCUT2D eigenvalue weighted by Crippen LogP contribution is -2.27. The topological polar surface area (TPSA) is 68.0 Å². The molecule has 0 aliphatic heterocycles. The number of benzene rings is 1. The number of amides is 1. The maximum atomic E-state index is 13.0. The Bertz CT molecular complexity index is 1040. The maximum absolute atomic E-state index is 13.0. The highest BCUT2D eigenvalue weighted by atomic mass is 32.2. The third-order valence-electron chi connectivity index (χ3n) is 5.77. The Balaban J connectivity index is 1.47. The van der Waals surface area contributed by atoms with Crippen molar-refractivity contribution in [1.29, 1.82) is 0 Å². The van der Waals surface area contributed by atoms with Gasteiger partial charge in [-0.1, -0.05) is 23.4 Å². The number of pyridine rings is 1. The smallest absolute Gasteiger partial charge is 0.254 e. The van der Waals surface area contributed by atoms with Crippen LogP contribution in [-0.2, 0) is 18.6 Å². The molecule has 0 fully saturated rings. The number of hydrogen-bond donors (Lipinski definition) is 1. The Hall–Kier alpha value is -2.60. The SMILES string of the molecule is Cc1noc(C)c1CSc1ncccc1C(=O)NC(C)c1ccc2c(c1)CCCC2. The Morgan fingerprint density at radius 1 is 1.20 bits per heavy atom. The summed E-state index contributed by atoms with van der Waals surface area (Å²) in [6.07, 6.45) is 6.54. The van der Waals surface area contributed by atoms with E-state index < -0.39 is 0 Å². The summed E-state index contributed by atoms with van der Waals surface area (Å²) in [5.41, 5.74) is 6.56. The van der Waals surface area contributed by atoms with E-state index in [1.54, 1.807) is 12.3 Å². The highest BCUT2D eigenvalue weighted by Crippen LogP contribution is 2.28. The summed E-state index contributed by atoms with van der Waals surface area (Å²) < 4.78 is 5.24. The fourth-order valence-corrected chi connectivity index (χ4v) is 5.05. The summed E-state index contributed by atoms with van der Waals surface area (Å²) >= 11 is 1.53. The van der Waals surface area contributed by atoms with Gasteiger partial charge in [-0.3, -0.25) is 4.79 Å². The van der Waals surface area contributed by atoms with Crippen LogP contribution in [0.5, 0.6) is 0 Å². The molecule has 3 aromatic rings. The van der Waals surface area contributed by atoms with Gasteiger partial charge in [0.1, 0.15) is 10.8 Å². The standard InChI is InChI=1S/C24H27N3O2S/c1-15(19-11-10-18-7-4-5-8-20(18)13-19)26-23(28)21-9-6-12-25-24(21)30-14-22-16(2)27-29-17(22)3/h6,9-13,15H,4-5,7-8,14H2,1-3H3,(H,26,28). The zero-order valence-corrected chi connectivity index (χ0v) is 18.5. The van der Waals surface area contributed by atoms with Crippen LogP contribution < -0.4 is 5.32 Å². The number of thioether (sulfide) groups is 1. The molecule has 30 heavy (non-hydrogen) atoms. The number of carbonyl (C=O) groups is 1. The van der Waals surface area contributed by atoms with Crippen molar-refractivity contribution in [3.63, 3.8) is 0 Å². The Morgan fingerprint density at radius 2 is 2.00 bits per heavy atom. The van der Waals surface area contributed by atoms with Crippen LogP contribution in [0.3, 0.4) is 0 Å². The van der Waals surface area contributed by atoms with Crippen molar-refractivity contribution in [2.75, 3.05) is 0 Å². The molecule has 2 heterocycles. The molecule has 1 amide bonds. The van der Waals surface area contributed by atoms with Crippen LogP contribution >= 0.6 is 11.8 Å². The van der Waals surface area contributed by atoms with Crippen LogP contribution in [0.2, 0.25) is 0 Å². The van der Waals surface area contributed by atoms with Crippen molar-refractivity contribution in [3.05, 3.63) is 75.8 Å². The largest absolute Gasteiger partial charge is 0.361 e. The van der Waals surface area contributed by atoms with Crippen molar-refractivity contribution < 1.29 is 9.32 Å². The highest BCUT2D eigenvalue weighted by molar-refractivity contribution is 7.98. The van der Waals surface area contributed by atoms with E-state index in [1.807, 2.05) is 26.8 Å². The molecule has 1 aliphatic rings. The average Bonchev–Trinajstić information content (AvgIpc) is 3.09. The molecule has 1 aromatic carbocycles. The van der Waals surface area contributed by atoms with E-state index in [-0.39, 0.29) is 11.9 Å². The quantitative estimate of drug-likeness (QED) is 0.544. The Kier molecular flexibility index (Phi) is 6.23. The zero-order valence-electron chi connectivity index (χ0n) is 17.7. The van der Waals surface area contributed by atoms with Gasteiger partial charge >= 0.3 is 0 Å². The van der Waals surface area contributed by atoms with Crippen LogP contribution in [0.25, 0.3) is 0 Å². The maximum Gasteiger partial charge on any atom is 0.254 e. The molecule has 5 nitrogen and oxygen atoms in total. The molecule has 4 rings (SSSR count). The Morgan fingerprint density at radius 3 is 2.77 bits per heavy atom. The number of fused-ring (bicyclic) bond motifs is 1. The summed E-state index contributed by atoms with van der Waals surface area (Å²) in [4.78, 5) is 17.5. The number of carbonyl (C=O) groups excluding carboxylic acids is 1. The number of aryl methyl sites for hydroxylation is 4. The molecule has 0 radical (unpaired) electrons. The minimum Gasteiger partial charge on any atom is -0.361 e. The van der Waals surface area contributed by atoms with E-state index in [0.29, 0.717) is 16.3 Å². The number of nitrogens with one attached hydrogen (secondary N) is 1. The fraction of sp³-hybridized carbons (Fsp3) is 0.375. The number of aromatic nitrogens is 2. The molecule has 1 unspecified atom stereocenters. The van der Waals surface area contributed by atoms with E-state index in [0.717, 1.165) is 35.4 Å². The summed E-state index contributed by atoms with van der Waals surface area (Å²) in [6, 6.07) is 10.2. The molecule has 1 aliphatic carbocycles. The second-order valence-electron chi connectivity index (χ2n) is 7.88. The van der Waals surface area contributed by atoms with E-state index in [4.69, 9.17) is 4.52 Å². The first-order valence-corrected chi connectivity index (χ1v) is 11.4. The van der Waals surface area contributed by atoms with Gasteiger partial charge in [-0.15, -0.1) is 11.8 Å². The van der Waals surface area contributed by atoms with E-state index in [1.165, 1.54) is 35.7 Å². The molecular formula is C24H27N3O2S. The summed E-state index contributed by atoms with van der Waals surface area (Å²) in [6.45, 7) is 5.87. The van der Waals surface area contributed by atoms with E-state index >= 15 is 0 Å². The summed E-state index contributed by atoms with van der Waals surface area (Å²) in [7, 11) is 0. The predicted octanol–water partition coefficient (Wildman–Crippen LogP) is 5.35. The molecule has 6 heteroatoms. The van der Waals surface area contributed by atoms with Gasteiger partial charge in [0.2, 0.25) is 0 Å². The highest BCUT2D eigenvalue weighted by Gasteiger charge is 2.19. The van der Waals surface area contributed by atoms with Crippen molar-refractivity contribution >= 4 is 17.7 Å². The first-order valence-electron chi connectivity index (χ1n) is 10.4. The van der Waals surface area contributed by atoms with Crippen molar-refractivity contribution in [1.82, 2.24) is 15.5 Å². The van der Waals surface area contributed by atoms with E-state index in [9.17, 15) is 4.79 Å². The van der Waals surface area contributed by atoms with Gasteiger partial charge in [-0.25, -0.2) is 4.98 Å². The number of rotatable bonds is 6. The molecular weight excluding hydrogens is 394 g/mol. The monoisotopic (exact) mass is 421 g/mol. The fourth-order valence-electron chi connectivity index (χ4n) is 3.91. The molecule has 156 valence electrons. The average molecular weight is 422 g/mol. The lowest BCUT2D eigenvalue weighted by atomic mass is 9.89. The predicted molar refractivity (Wildman–Crippen MR) is 119 cm³/mol. The molecule has 0 bridgehead atoms. The molecule has 0 saturated heterocycles.